The molecule has 2 aliphatic heterocycles. The van der Waals surface area contributed by atoms with Crippen LogP contribution in [-0.2, 0) is 14.3 Å². The third kappa shape index (κ3) is 7.08. The van der Waals surface area contributed by atoms with Crippen LogP contribution in [0.3, 0.4) is 0 Å². The van der Waals surface area contributed by atoms with E-state index < -0.39 is 0 Å². The minimum atomic E-state index is -0.348. The number of likely N-dealkylation sites (tertiary alicyclic amines) is 1. The smallest absolute Gasteiger partial charge is 0.409 e. The minimum Gasteiger partial charge on any atom is -0.466 e. The Kier molecular flexibility index (Phi) is 9.89. The number of amides is 4. The first-order chi connectivity index (χ1) is 17.3. The average molecular weight is 504 g/mol. The molecule has 0 saturated carbocycles. The molecule has 1 aromatic rings. The van der Waals surface area contributed by atoms with Gasteiger partial charge in [0.1, 0.15) is 0 Å². The predicted octanol–water partition coefficient (Wildman–Crippen LogP) is 2.15. The SMILES string of the molecule is CCOC(=O)CCNC(=O)N1CCC(c2nc(C)ccc2C(=O)N2CCN(C(=O)OCC)CC2)CC1. The largest absolute Gasteiger partial charge is 0.466 e. The minimum absolute atomic E-state index is 0.0632. The lowest BCUT2D eigenvalue weighted by atomic mass is 9.89. The summed E-state index contributed by atoms with van der Waals surface area (Å²) in [6.07, 6.45) is 1.18. The van der Waals surface area contributed by atoms with Gasteiger partial charge in [-0.2, -0.15) is 0 Å². The standard InChI is InChI=1S/C25H37N5O6/c1-4-35-21(31)8-11-26-24(33)29-12-9-19(10-13-29)22-20(7-6-18(3)27-22)23(32)28-14-16-30(17-15-28)25(34)36-5-2/h6-7,19H,4-5,8-17H2,1-3H3,(H,26,33). The number of nitrogens with zero attached hydrogens (tertiary/aromatic N) is 4. The van der Waals surface area contributed by atoms with Gasteiger partial charge in [0.2, 0.25) is 0 Å². The maximum absolute atomic E-state index is 13.4. The molecular weight excluding hydrogens is 466 g/mol. The Morgan fingerprint density at radius 1 is 0.917 bits per heavy atom. The summed E-state index contributed by atoms with van der Waals surface area (Å²) in [7, 11) is 0. The van der Waals surface area contributed by atoms with E-state index >= 15 is 0 Å². The lowest BCUT2D eigenvalue weighted by Gasteiger charge is -2.35. The van der Waals surface area contributed by atoms with Crippen LogP contribution in [0.4, 0.5) is 9.59 Å². The molecule has 0 aromatic carbocycles. The molecule has 0 atom stereocenters. The molecule has 0 bridgehead atoms. The molecule has 0 aliphatic carbocycles. The summed E-state index contributed by atoms with van der Waals surface area (Å²) in [4.78, 5) is 59.2. The molecular formula is C25H37N5O6. The van der Waals surface area contributed by atoms with Gasteiger partial charge in [-0.1, -0.05) is 0 Å². The summed E-state index contributed by atoms with van der Waals surface area (Å²) in [5, 5.41) is 2.77. The van der Waals surface area contributed by atoms with E-state index in [0.29, 0.717) is 70.9 Å². The van der Waals surface area contributed by atoms with Crippen molar-refractivity contribution >= 4 is 24.0 Å². The second-order valence-electron chi connectivity index (χ2n) is 8.91. The van der Waals surface area contributed by atoms with Crippen LogP contribution in [0.2, 0.25) is 0 Å². The van der Waals surface area contributed by atoms with E-state index in [4.69, 9.17) is 14.5 Å². The van der Waals surface area contributed by atoms with Gasteiger partial charge in [-0.15, -0.1) is 0 Å². The number of urea groups is 1. The number of aromatic nitrogens is 1. The zero-order valence-electron chi connectivity index (χ0n) is 21.5. The molecule has 2 aliphatic rings. The van der Waals surface area contributed by atoms with E-state index in [2.05, 4.69) is 5.32 Å². The highest BCUT2D eigenvalue weighted by atomic mass is 16.6. The van der Waals surface area contributed by atoms with Gasteiger partial charge in [0.15, 0.2) is 0 Å². The first-order valence-corrected chi connectivity index (χ1v) is 12.7. The van der Waals surface area contributed by atoms with Crippen LogP contribution in [0.1, 0.15) is 60.8 Å². The van der Waals surface area contributed by atoms with E-state index in [1.165, 1.54) is 0 Å². The van der Waals surface area contributed by atoms with Crippen molar-refractivity contribution in [2.75, 3.05) is 59.0 Å². The van der Waals surface area contributed by atoms with Gasteiger partial charge in [0.05, 0.1) is 30.9 Å². The number of esters is 1. The first-order valence-electron chi connectivity index (χ1n) is 12.7. The van der Waals surface area contributed by atoms with Gasteiger partial charge in [0.25, 0.3) is 5.91 Å². The quantitative estimate of drug-likeness (QED) is 0.566. The highest BCUT2D eigenvalue weighted by Gasteiger charge is 2.31. The van der Waals surface area contributed by atoms with Crippen LogP contribution in [0, 0.1) is 6.92 Å². The van der Waals surface area contributed by atoms with Crippen molar-refractivity contribution in [1.82, 2.24) is 25.0 Å². The van der Waals surface area contributed by atoms with E-state index in [-0.39, 0.29) is 42.9 Å². The number of nitrogens with one attached hydrogen (secondary N) is 1. The normalized spacial score (nSPS) is 16.5. The summed E-state index contributed by atoms with van der Waals surface area (Å²) in [6.45, 7) is 9.12. The highest BCUT2D eigenvalue weighted by molar-refractivity contribution is 5.95. The molecule has 3 heterocycles. The van der Waals surface area contributed by atoms with Gasteiger partial charge < -0.3 is 29.5 Å². The Labute approximate surface area is 212 Å². The number of carbonyl (C=O) groups is 4. The number of pyridine rings is 1. The van der Waals surface area contributed by atoms with Gasteiger partial charge in [0, 0.05) is 57.4 Å². The molecule has 0 spiro atoms. The van der Waals surface area contributed by atoms with Crippen LogP contribution in [0.25, 0.3) is 0 Å². The maximum Gasteiger partial charge on any atom is 0.409 e. The zero-order valence-corrected chi connectivity index (χ0v) is 21.5. The van der Waals surface area contributed by atoms with E-state index in [1.54, 1.807) is 28.5 Å². The predicted molar refractivity (Wildman–Crippen MR) is 132 cm³/mol. The third-order valence-electron chi connectivity index (χ3n) is 6.47. The third-order valence-corrected chi connectivity index (χ3v) is 6.47. The van der Waals surface area contributed by atoms with Crippen molar-refractivity contribution < 1.29 is 28.7 Å². The lowest BCUT2D eigenvalue weighted by molar-refractivity contribution is -0.142. The Balaban J connectivity index is 1.57. The summed E-state index contributed by atoms with van der Waals surface area (Å²) in [5.41, 5.74) is 2.20. The molecule has 3 rings (SSSR count). The second kappa shape index (κ2) is 13.1. The van der Waals surface area contributed by atoms with Crippen LogP contribution in [0.5, 0.6) is 0 Å². The number of carbonyl (C=O) groups excluding carboxylic acids is 4. The van der Waals surface area contributed by atoms with Crippen molar-refractivity contribution in [3.63, 3.8) is 0 Å². The maximum atomic E-state index is 13.4. The molecule has 2 fully saturated rings. The summed E-state index contributed by atoms with van der Waals surface area (Å²) in [6, 6.07) is 3.48. The fourth-order valence-electron chi connectivity index (χ4n) is 4.52. The van der Waals surface area contributed by atoms with Crippen molar-refractivity contribution in [2.24, 2.45) is 0 Å². The van der Waals surface area contributed by atoms with Gasteiger partial charge in [-0.05, 0) is 45.7 Å². The average Bonchev–Trinajstić information content (AvgIpc) is 2.88. The second-order valence-corrected chi connectivity index (χ2v) is 8.91. The number of piperazine rings is 1. The molecule has 0 radical (unpaired) electrons. The van der Waals surface area contributed by atoms with Gasteiger partial charge in [-0.3, -0.25) is 14.6 Å². The fraction of sp³-hybridized carbons (Fsp3) is 0.640. The molecule has 1 N–H and O–H groups in total. The van der Waals surface area contributed by atoms with Crippen molar-refractivity contribution in [1.29, 1.82) is 0 Å². The van der Waals surface area contributed by atoms with E-state index in [0.717, 1.165) is 11.4 Å². The number of hydrogen-bond donors (Lipinski definition) is 1. The topological polar surface area (TPSA) is 121 Å². The Hall–Kier alpha value is -3.37. The first kappa shape index (κ1) is 27.2. The number of ether oxygens (including phenoxy) is 2. The molecule has 4 amide bonds. The number of hydrogen-bond acceptors (Lipinski definition) is 7. The monoisotopic (exact) mass is 503 g/mol. The summed E-state index contributed by atoms with van der Waals surface area (Å²) < 4.78 is 9.94. The van der Waals surface area contributed by atoms with Crippen molar-refractivity contribution in [3.05, 3.63) is 29.1 Å². The Morgan fingerprint density at radius 3 is 2.19 bits per heavy atom. The van der Waals surface area contributed by atoms with Crippen LogP contribution < -0.4 is 5.32 Å². The lowest BCUT2D eigenvalue weighted by Crippen LogP contribution is -2.51. The van der Waals surface area contributed by atoms with Crippen LogP contribution in [-0.4, -0.2) is 103 Å². The molecule has 11 heteroatoms. The molecule has 198 valence electrons. The Bertz CT molecular complexity index is 939. The zero-order chi connectivity index (χ0) is 26.1. The number of aryl methyl sites for hydroxylation is 1. The molecule has 11 nitrogen and oxygen atoms in total. The van der Waals surface area contributed by atoms with Crippen LogP contribution in [0.15, 0.2) is 12.1 Å². The highest BCUT2D eigenvalue weighted by Crippen LogP contribution is 2.30. The molecule has 1 aromatic heterocycles. The Morgan fingerprint density at radius 2 is 1.56 bits per heavy atom. The summed E-state index contributed by atoms with van der Waals surface area (Å²) >= 11 is 0. The van der Waals surface area contributed by atoms with Crippen molar-refractivity contribution in [3.8, 4) is 0 Å². The molecule has 2 saturated heterocycles. The van der Waals surface area contributed by atoms with E-state index in [9.17, 15) is 19.2 Å². The van der Waals surface area contributed by atoms with E-state index in [1.807, 2.05) is 19.1 Å². The fourth-order valence-corrected chi connectivity index (χ4v) is 4.52. The van der Waals surface area contributed by atoms with Crippen LogP contribution >= 0.6 is 0 Å². The molecule has 0 unspecified atom stereocenters. The summed E-state index contributed by atoms with van der Waals surface area (Å²) in [5.74, 6) is -0.352. The number of piperidine rings is 1. The van der Waals surface area contributed by atoms with Gasteiger partial charge >= 0.3 is 18.1 Å². The van der Waals surface area contributed by atoms with Crippen molar-refractivity contribution in [2.45, 2.75) is 46.0 Å². The van der Waals surface area contributed by atoms with Gasteiger partial charge in [-0.25, -0.2) is 9.59 Å². The number of rotatable bonds is 7. The molecule has 36 heavy (non-hydrogen) atoms.